The molecule has 1 unspecified atom stereocenters. The van der Waals surface area contributed by atoms with Gasteiger partial charge in [0.25, 0.3) is 5.91 Å². The number of nitrogens with zero attached hydrogens (tertiary/aromatic N) is 3. The van der Waals surface area contributed by atoms with Crippen molar-refractivity contribution in [3.8, 4) is 0 Å². The van der Waals surface area contributed by atoms with Crippen LogP contribution in [0.1, 0.15) is 30.3 Å². The van der Waals surface area contributed by atoms with Gasteiger partial charge >= 0.3 is 0 Å². The summed E-state index contributed by atoms with van der Waals surface area (Å²) in [6, 6.07) is 0. The van der Waals surface area contributed by atoms with Crippen LogP contribution in [0.4, 0.5) is 0 Å². The number of aryl methyl sites for hydroxylation is 1. The Balaban J connectivity index is 2.12. The van der Waals surface area contributed by atoms with Crippen molar-refractivity contribution in [3.63, 3.8) is 0 Å². The minimum absolute atomic E-state index is 0.0300. The van der Waals surface area contributed by atoms with E-state index in [1.807, 2.05) is 11.9 Å². The van der Waals surface area contributed by atoms with Gasteiger partial charge in [0.05, 0.1) is 0 Å². The number of carbonyl (C=O) groups is 1. The predicted molar refractivity (Wildman–Crippen MR) is 64.8 cm³/mol. The summed E-state index contributed by atoms with van der Waals surface area (Å²) in [6.07, 6.45) is 4.04. The number of carbonyl (C=O) groups excluding carboxylic acids is 1. The highest BCUT2D eigenvalue weighted by molar-refractivity contribution is 7.80. The van der Waals surface area contributed by atoms with Crippen LogP contribution in [0.2, 0.25) is 0 Å². The highest BCUT2D eigenvalue weighted by atomic mass is 32.1. The molecule has 1 aliphatic heterocycles. The Morgan fingerprint density at radius 1 is 1.62 bits per heavy atom. The molecule has 1 atom stereocenters. The van der Waals surface area contributed by atoms with Crippen LogP contribution in [0.5, 0.6) is 0 Å². The second-order valence-electron chi connectivity index (χ2n) is 4.54. The van der Waals surface area contributed by atoms with Crippen LogP contribution in [0, 0.1) is 5.92 Å². The first kappa shape index (κ1) is 11.5. The van der Waals surface area contributed by atoms with E-state index in [0.29, 0.717) is 16.8 Å². The molecule has 0 bridgehead atoms. The molecule has 2 heterocycles. The first-order chi connectivity index (χ1) is 7.58. The zero-order valence-electron chi connectivity index (χ0n) is 9.68. The molecule has 88 valence electrons. The SMILES string of the molecule is CC1CCCN(C(=O)c2cn(C)c(S)n2)C1. The summed E-state index contributed by atoms with van der Waals surface area (Å²) in [7, 11) is 1.84. The molecule has 0 saturated carbocycles. The third kappa shape index (κ3) is 2.24. The molecule has 5 heteroatoms. The summed E-state index contributed by atoms with van der Waals surface area (Å²) >= 11 is 4.18. The monoisotopic (exact) mass is 239 g/mol. The van der Waals surface area contributed by atoms with Crippen molar-refractivity contribution >= 4 is 18.5 Å². The van der Waals surface area contributed by atoms with Crippen LogP contribution < -0.4 is 0 Å². The summed E-state index contributed by atoms with van der Waals surface area (Å²) in [6.45, 7) is 3.88. The molecule has 1 fully saturated rings. The molecule has 0 N–H and O–H groups in total. The van der Waals surface area contributed by atoms with Gasteiger partial charge in [-0.15, -0.1) is 12.6 Å². The number of likely N-dealkylation sites (tertiary alicyclic amines) is 1. The fraction of sp³-hybridized carbons (Fsp3) is 0.636. The van der Waals surface area contributed by atoms with Crippen molar-refractivity contribution in [2.24, 2.45) is 13.0 Å². The zero-order chi connectivity index (χ0) is 11.7. The molecule has 1 amide bonds. The number of amides is 1. The summed E-state index contributed by atoms with van der Waals surface area (Å²) in [5.74, 6) is 0.624. The molecule has 1 aromatic heterocycles. The Morgan fingerprint density at radius 2 is 2.38 bits per heavy atom. The van der Waals surface area contributed by atoms with E-state index in [1.165, 1.54) is 6.42 Å². The fourth-order valence-corrected chi connectivity index (χ4v) is 2.26. The van der Waals surface area contributed by atoms with Gasteiger partial charge in [-0.1, -0.05) is 6.92 Å². The average Bonchev–Trinajstić information content (AvgIpc) is 2.58. The van der Waals surface area contributed by atoms with Gasteiger partial charge in [0.2, 0.25) is 0 Å². The van der Waals surface area contributed by atoms with Crippen LogP contribution in [0.15, 0.2) is 11.4 Å². The molecular formula is C11H17N3OS. The third-order valence-electron chi connectivity index (χ3n) is 3.02. The van der Waals surface area contributed by atoms with Crippen molar-refractivity contribution in [1.82, 2.24) is 14.5 Å². The maximum Gasteiger partial charge on any atom is 0.274 e. The van der Waals surface area contributed by atoms with E-state index in [0.717, 1.165) is 19.5 Å². The topological polar surface area (TPSA) is 38.1 Å². The molecular weight excluding hydrogens is 222 g/mol. The van der Waals surface area contributed by atoms with E-state index in [-0.39, 0.29) is 5.91 Å². The Hall–Kier alpha value is -0.970. The van der Waals surface area contributed by atoms with Crippen molar-refractivity contribution in [2.45, 2.75) is 24.9 Å². The standard InChI is InChI=1S/C11H17N3OS/c1-8-4-3-5-14(6-8)10(15)9-7-13(2)11(16)12-9/h7-8H,3-6H2,1-2H3,(H,12,16). The van der Waals surface area contributed by atoms with Gasteiger partial charge in [-0.2, -0.15) is 0 Å². The van der Waals surface area contributed by atoms with E-state index in [1.54, 1.807) is 10.8 Å². The first-order valence-corrected chi connectivity index (χ1v) is 6.04. The van der Waals surface area contributed by atoms with Gasteiger partial charge in [-0.3, -0.25) is 4.79 Å². The second kappa shape index (κ2) is 4.49. The minimum atomic E-state index is 0.0300. The lowest BCUT2D eigenvalue weighted by Gasteiger charge is -2.30. The molecule has 0 radical (unpaired) electrons. The molecule has 0 aromatic carbocycles. The Bertz CT molecular complexity index is 382. The number of aromatic nitrogens is 2. The molecule has 0 spiro atoms. The van der Waals surface area contributed by atoms with Crippen LogP contribution in [-0.4, -0.2) is 33.4 Å². The molecule has 1 aliphatic rings. The van der Waals surface area contributed by atoms with Crippen molar-refractivity contribution < 1.29 is 4.79 Å². The number of piperidine rings is 1. The predicted octanol–water partition coefficient (Wildman–Crippen LogP) is 1.58. The van der Waals surface area contributed by atoms with Gasteiger partial charge in [-0.25, -0.2) is 4.98 Å². The van der Waals surface area contributed by atoms with Crippen molar-refractivity contribution in [2.75, 3.05) is 13.1 Å². The summed E-state index contributed by atoms with van der Waals surface area (Å²) in [5, 5.41) is 0.577. The van der Waals surface area contributed by atoms with Gasteiger partial charge in [0.1, 0.15) is 5.69 Å². The summed E-state index contributed by atoms with van der Waals surface area (Å²) < 4.78 is 1.75. The molecule has 2 rings (SSSR count). The van der Waals surface area contributed by atoms with Crippen molar-refractivity contribution in [1.29, 1.82) is 0 Å². The third-order valence-corrected chi connectivity index (χ3v) is 3.43. The number of hydrogen-bond acceptors (Lipinski definition) is 3. The quantitative estimate of drug-likeness (QED) is 0.756. The number of rotatable bonds is 1. The Morgan fingerprint density at radius 3 is 2.94 bits per heavy atom. The fourth-order valence-electron chi connectivity index (χ4n) is 2.10. The van der Waals surface area contributed by atoms with Gasteiger partial charge in [-0.05, 0) is 18.8 Å². The van der Waals surface area contributed by atoms with Crippen LogP contribution in [0.3, 0.4) is 0 Å². The molecule has 16 heavy (non-hydrogen) atoms. The second-order valence-corrected chi connectivity index (χ2v) is 4.94. The van der Waals surface area contributed by atoms with Crippen LogP contribution >= 0.6 is 12.6 Å². The highest BCUT2D eigenvalue weighted by Gasteiger charge is 2.23. The number of thiol groups is 1. The van der Waals surface area contributed by atoms with E-state index in [4.69, 9.17) is 0 Å². The largest absolute Gasteiger partial charge is 0.337 e. The summed E-state index contributed by atoms with van der Waals surface area (Å²) in [4.78, 5) is 18.2. The van der Waals surface area contributed by atoms with Gasteiger partial charge in [0, 0.05) is 26.3 Å². The van der Waals surface area contributed by atoms with Crippen molar-refractivity contribution in [3.05, 3.63) is 11.9 Å². The van der Waals surface area contributed by atoms with E-state index in [9.17, 15) is 4.79 Å². The van der Waals surface area contributed by atoms with Gasteiger partial charge < -0.3 is 9.47 Å². The first-order valence-electron chi connectivity index (χ1n) is 5.59. The van der Waals surface area contributed by atoms with E-state index >= 15 is 0 Å². The minimum Gasteiger partial charge on any atom is -0.337 e. The molecule has 0 aliphatic carbocycles. The molecule has 1 saturated heterocycles. The smallest absolute Gasteiger partial charge is 0.274 e. The molecule has 1 aromatic rings. The highest BCUT2D eigenvalue weighted by Crippen LogP contribution is 2.18. The Kier molecular flexibility index (Phi) is 3.23. The van der Waals surface area contributed by atoms with E-state index < -0.39 is 0 Å². The normalized spacial score (nSPS) is 21.2. The number of hydrogen-bond donors (Lipinski definition) is 1. The van der Waals surface area contributed by atoms with Gasteiger partial charge in [0.15, 0.2) is 5.16 Å². The lowest BCUT2D eigenvalue weighted by atomic mass is 10.0. The van der Waals surface area contributed by atoms with E-state index in [2.05, 4.69) is 24.5 Å². The zero-order valence-corrected chi connectivity index (χ0v) is 10.6. The maximum atomic E-state index is 12.1. The lowest BCUT2D eigenvalue weighted by molar-refractivity contribution is 0.0677. The number of imidazole rings is 1. The summed E-state index contributed by atoms with van der Waals surface area (Å²) in [5.41, 5.74) is 0.501. The average molecular weight is 239 g/mol. The molecule has 4 nitrogen and oxygen atoms in total. The lowest BCUT2D eigenvalue weighted by Crippen LogP contribution is -2.39. The Labute approximate surface area is 101 Å². The van der Waals surface area contributed by atoms with Crippen LogP contribution in [-0.2, 0) is 7.05 Å². The van der Waals surface area contributed by atoms with Crippen LogP contribution in [0.25, 0.3) is 0 Å². The maximum absolute atomic E-state index is 12.1.